The van der Waals surface area contributed by atoms with Crippen LogP contribution in [0, 0.1) is 0 Å². The Morgan fingerprint density at radius 1 is 1.35 bits per heavy atom. The molecule has 0 atom stereocenters. The number of nitrogens with one attached hydrogen (secondary N) is 2. The highest BCUT2D eigenvalue weighted by molar-refractivity contribution is 5.94. The molecule has 1 aromatic carbocycles. The number of aliphatic imine (C=N–C) groups is 1. The normalized spacial score (nSPS) is 14.7. The van der Waals surface area contributed by atoms with Crippen molar-refractivity contribution >= 4 is 11.9 Å². The van der Waals surface area contributed by atoms with Gasteiger partial charge in [0.1, 0.15) is 0 Å². The van der Waals surface area contributed by atoms with Crippen LogP contribution in [0.5, 0.6) is 0 Å². The Balaban J connectivity index is 2.03. The lowest BCUT2D eigenvalue weighted by molar-refractivity contribution is 0.0792. The van der Waals surface area contributed by atoms with Gasteiger partial charge in [-0.05, 0) is 37.5 Å². The number of rotatable bonds is 6. The molecule has 1 fully saturated rings. The molecule has 1 saturated heterocycles. The van der Waals surface area contributed by atoms with E-state index >= 15 is 0 Å². The average Bonchev–Trinajstić information content (AvgIpc) is 3.11. The summed E-state index contributed by atoms with van der Waals surface area (Å²) < 4.78 is 0. The van der Waals surface area contributed by atoms with Gasteiger partial charge in [0.05, 0.1) is 6.54 Å². The van der Waals surface area contributed by atoms with E-state index in [1.54, 1.807) is 6.08 Å². The van der Waals surface area contributed by atoms with Crippen LogP contribution >= 0.6 is 0 Å². The zero-order chi connectivity index (χ0) is 16.5. The van der Waals surface area contributed by atoms with Crippen LogP contribution in [-0.4, -0.2) is 42.9 Å². The molecule has 0 radical (unpaired) electrons. The highest BCUT2D eigenvalue weighted by atomic mass is 16.2. The molecule has 2 N–H and O–H groups in total. The van der Waals surface area contributed by atoms with Crippen LogP contribution in [0.1, 0.15) is 35.7 Å². The third-order valence-corrected chi connectivity index (χ3v) is 3.75. The zero-order valence-corrected chi connectivity index (χ0v) is 13.8. The summed E-state index contributed by atoms with van der Waals surface area (Å²) in [6.45, 7) is 9.47. The van der Waals surface area contributed by atoms with Gasteiger partial charge in [0.2, 0.25) is 0 Å². The number of likely N-dealkylation sites (tertiary alicyclic amines) is 1. The molecule has 0 bridgehead atoms. The summed E-state index contributed by atoms with van der Waals surface area (Å²) in [7, 11) is 0. The maximum Gasteiger partial charge on any atom is 0.253 e. The fraction of sp³-hybridized carbons (Fsp3) is 0.444. The minimum Gasteiger partial charge on any atom is -0.357 e. The lowest BCUT2D eigenvalue weighted by atomic mass is 10.1. The molecule has 0 saturated carbocycles. The summed E-state index contributed by atoms with van der Waals surface area (Å²) in [4.78, 5) is 18.9. The summed E-state index contributed by atoms with van der Waals surface area (Å²) >= 11 is 0. The molecular formula is C18H26N4O. The first-order chi connectivity index (χ1) is 11.2. The number of carbonyl (C=O) groups excluding carboxylic acids is 1. The minimum atomic E-state index is 0.130. The first-order valence-corrected chi connectivity index (χ1v) is 8.26. The van der Waals surface area contributed by atoms with Crippen LogP contribution in [0.25, 0.3) is 0 Å². The Hall–Kier alpha value is -2.30. The number of carbonyl (C=O) groups is 1. The topological polar surface area (TPSA) is 56.7 Å². The van der Waals surface area contributed by atoms with Crippen LogP contribution < -0.4 is 10.6 Å². The average molecular weight is 314 g/mol. The van der Waals surface area contributed by atoms with E-state index < -0.39 is 0 Å². The molecule has 0 aromatic heterocycles. The van der Waals surface area contributed by atoms with Gasteiger partial charge in [-0.2, -0.15) is 0 Å². The molecule has 1 aliphatic rings. The van der Waals surface area contributed by atoms with Gasteiger partial charge in [0.25, 0.3) is 5.91 Å². The van der Waals surface area contributed by atoms with E-state index in [0.717, 1.165) is 49.6 Å². The van der Waals surface area contributed by atoms with E-state index in [4.69, 9.17) is 0 Å². The smallest absolute Gasteiger partial charge is 0.253 e. The van der Waals surface area contributed by atoms with Gasteiger partial charge in [-0.15, -0.1) is 6.58 Å². The van der Waals surface area contributed by atoms with Crippen molar-refractivity contribution in [2.24, 2.45) is 4.99 Å². The second-order valence-corrected chi connectivity index (χ2v) is 5.56. The summed E-state index contributed by atoms with van der Waals surface area (Å²) in [5.74, 6) is 0.883. The van der Waals surface area contributed by atoms with Gasteiger partial charge in [-0.1, -0.05) is 18.2 Å². The van der Waals surface area contributed by atoms with Crippen molar-refractivity contribution in [2.75, 3.05) is 26.2 Å². The summed E-state index contributed by atoms with van der Waals surface area (Å²) in [6.07, 6.45) is 4.01. The molecule has 2 rings (SSSR count). The van der Waals surface area contributed by atoms with E-state index in [9.17, 15) is 4.79 Å². The monoisotopic (exact) mass is 314 g/mol. The standard InChI is InChI=1S/C18H26N4O/c1-3-10-20-18(19-4-2)21-14-15-8-7-9-16(13-15)17(23)22-11-5-6-12-22/h3,7-9,13H,1,4-6,10-12,14H2,2H3,(H2,19,20,21). The zero-order valence-electron chi connectivity index (χ0n) is 13.8. The predicted molar refractivity (Wildman–Crippen MR) is 94.6 cm³/mol. The van der Waals surface area contributed by atoms with Crippen LogP contribution in [-0.2, 0) is 6.54 Å². The molecule has 5 nitrogen and oxygen atoms in total. The molecule has 1 aromatic rings. The third-order valence-electron chi connectivity index (χ3n) is 3.75. The first-order valence-electron chi connectivity index (χ1n) is 8.26. The third kappa shape index (κ3) is 5.13. The maximum atomic E-state index is 12.4. The van der Waals surface area contributed by atoms with Crippen molar-refractivity contribution in [3.63, 3.8) is 0 Å². The van der Waals surface area contributed by atoms with Gasteiger partial charge >= 0.3 is 0 Å². The van der Waals surface area contributed by atoms with E-state index in [0.29, 0.717) is 13.1 Å². The SMILES string of the molecule is C=CCNC(=NCc1cccc(C(=O)N2CCCC2)c1)NCC. The lowest BCUT2D eigenvalue weighted by Gasteiger charge is -2.15. The van der Waals surface area contributed by atoms with Crippen LogP contribution in [0.15, 0.2) is 41.9 Å². The van der Waals surface area contributed by atoms with Gasteiger partial charge < -0.3 is 15.5 Å². The van der Waals surface area contributed by atoms with Gasteiger partial charge in [-0.3, -0.25) is 4.79 Å². The number of hydrogen-bond donors (Lipinski definition) is 2. The minimum absolute atomic E-state index is 0.130. The molecule has 23 heavy (non-hydrogen) atoms. The Bertz CT molecular complexity index is 562. The van der Waals surface area contributed by atoms with E-state index in [-0.39, 0.29) is 5.91 Å². The van der Waals surface area contributed by atoms with Crippen molar-refractivity contribution in [3.05, 3.63) is 48.0 Å². The Morgan fingerprint density at radius 3 is 2.83 bits per heavy atom. The largest absolute Gasteiger partial charge is 0.357 e. The van der Waals surface area contributed by atoms with Crippen molar-refractivity contribution < 1.29 is 4.79 Å². The Labute approximate surface area is 138 Å². The highest BCUT2D eigenvalue weighted by Crippen LogP contribution is 2.14. The maximum absolute atomic E-state index is 12.4. The number of amides is 1. The molecule has 1 heterocycles. The second-order valence-electron chi connectivity index (χ2n) is 5.56. The molecule has 0 unspecified atom stereocenters. The summed E-state index contributed by atoms with van der Waals surface area (Å²) in [5, 5.41) is 6.35. The molecular weight excluding hydrogens is 288 g/mol. The Kier molecular flexibility index (Phi) is 6.66. The number of guanidine groups is 1. The first kappa shape index (κ1) is 17.1. The quantitative estimate of drug-likeness (QED) is 0.481. The van der Waals surface area contributed by atoms with Crippen molar-refractivity contribution in [1.29, 1.82) is 0 Å². The second kappa shape index (κ2) is 8.98. The van der Waals surface area contributed by atoms with Crippen molar-refractivity contribution in [1.82, 2.24) is 15.5 Å². The lowest BCUT2D eigenvalue weighted by Crippen LogP contribution is -2.37. The van der Waals surface area contributed by atoms with Crippen molar-refractivity contribution in [3.8, 4) is 0 Å². The number of benzene rings is 1. The summed E-state index contributed by atoms with van der Waals surface area (Å²) in [5.41, 5.74) is 1.79. The van der Waals surface area contributed by atoms with Crippen LogP contribution in [0.4, 0.5) is 0 Å². The van der Waals surface area contributed by atoms with Gasteiger partial charge in [0, 0.05) is 31.7 Å². The Morgan fingerprint density at radius 2 is 2.13 bits per heavy atom. The highest BCUT2D eigenvalue weighted by Gasteiger charge is 2.19. The fourth-order valence-electron chi connectivity index (χ4n) is 2.59. The molecule has 0 spiro atoms. The molecule has 5 heteroatoms. The van der Waals surface area contributed by atoms with E-state index in [1.807, 2.05) is 36.1 Å². The number of nitrogens with zero attached hydrogens (tertiary/aromatic N) is 2. The molecule has 1 amide bonds. The molecule has 124 valence electrons. The van der Waals surface area contributed by atoms with Crippen LogP contribution in [0.3, 0.4) is 0 Å². The number of hydrogen-bond acceptors (Lipinski definition) is 2. The van der Waals surface area contributed by atoms with Crippen molar-refractivity contribution in [2.45, 2.75) is 26.3 Å². The van der Waals surface area contributed by atoms with E-state index in [2.05, 4.69) is 22.2 Å². The molecule has 1 aliphatic heterocycles. The molecule has 0 aliphatic carbocycles. The fourth-order valence-corrected chi connectivity index (χ4v) is 2.59. The predicted octanol–water partition coefficient (Wildman–Crippen LogP) is 2.16. The summed E-state index contributed by atoms with van der Waals surface area (Å²) in [6, 6.07) is 7.76. The van der Waals surface area contributed by atoms with Gasteiger partial charge in [-0.25, -0.2) is 4.99 Å². The van der Waals surface area contributed by atoms with Gasteiger partial charge in [0.15, 0.2) is 5.96 Å². The van der Waals surface area contributed by atoms with Crippen LogP contribution in [0.2, 0.25) is 0 Å². The van der Waals surface area contributed by atoms with E-state index in [1.165, 1.54) is 0 Å².